The number of aromatic nitrogens is 2. The lowest BCUT2D eigenvalue weighted by Gasteiger charge is -2.36. The Bertz CT molecular complexity index is 440. The average molecular weight is 286 g/mol. The summed E-state index contributed by atoms with van der Waals surface area (Å²) in [5, 5.41) is 3.83. The van der Waals surface area contributed by atoms with Gasteiger partial charge in [0.1, 0.15) is 17.6 Å². The number of halogens is 1. The predicted molar refractivity (Wildman–Crippen MR) is 74.4 cm³/mol. The number of nitrogens with zero attached hydrogens (tertiary/aromatic N) is 2. The first-order valence-electron chi connectivity index (χ1n) is 6.41. The van der Waals surface area contributed by atoms with Crippen molar-refractivity contribution in [1.29, 1.82) is 0 Å². The normalized spacial score (nSPS) is 22.2. The minimum atomic E-state index is -0.0951. The van der Waals surface area contributed by atoms with Crippen LogP contribution in [0.2, 0.25) is 5.15 Å². The predicted octanol–water partition coefficient (Wildman–Crippen LogP) is 2.65. The molecule has 0 amide bonds. The zero-order valence-corrected chi connectivity index (χ0v) is 12.3. The van der Waals surface area contributed by atoms with Gasteiger partial charge in [0, 0.05) is 25.8 Å². The Morgan fingerprint density at radius 2 is 2.32 bits per heavy atom. The fourth-order valence-corrected chi connectivity index (χ4v) is 2.50. The highest BCUT2D eigenvalue weighted by Gasteiger charge is 2.28. The molecule has 1 aromatic rings. The SMILES string of the molecule is COCc1nc(Cl)cc(NC2CCOC(C)(C)C2)n1. The van der Waals surface area contributed by atoms with E-state index < -0.39 is 0 Å². The van der Waals surface area contributed by atoms with Crippen molar-refractivity contribution in [3.05, 3.63) is 17.0 Å². The van der Waals surface area contributed by atoms with E-state index in [1.165, 1.54) is 0 Å². The maximum absolute atomic E-state index is 5.99. The van der Waals surface area contributed by atoms with Gasteiger partial charge >= 0.3 is 0 Å². The van der Waals surface area contributed by atoms with Crippen molar-refractivity contribution in [2.75, 3.05) is 19.0 Å². The van der Waals surface area contributed by atoms with E-state index >= 15 is 0 Å². The molecule has 6 heteroatoms. The quantitative estimate of drug-likeness (QED) is 0.862. The first-order valence-corrected chi connectivity index (χ1v) is 6.79. The number of ether oxygens (including phenoxy) is 2. The molecular formula is C13H20ClN3O2. The van der Waals surface area contributed by atoms with Gasteiger partial charge in [-0.2, -0.15) is 0 Å². The molecule has 1 unspecified atom stereocenters. The topological polar surface area (TPSA) is 56.3 Å². The van der Waals surface area contributed by atoms with E-state index in [1.807, 2.05) is 0 Å². The maximum atomic E-state index is 5.99. The third-order valence-corrected chi connectivity index (χ3v) is 3.26. The van der Waals surface area contributed by atoms with Gasteiger partial charge < -0.3 is 14.8 Å². The molecule has 1 N–H and O–H groups in total. The lowest BCUT2D eigenvalue weighted by molar-refractivity contribution is -0.0553. The molecule has 0 saturated carbocycles. The van der Waals surface area contributed by atoms with Crippen LogP contribution in [0, 0.1) is 0 Å². The third-order valence-electron chi connectivity index (χ3n) is 3.06. The molecule has 1 atom stereocenters. The van der Waals surface area contributed by atoms with Crippen LogP contribution >= 0.6 is 11.6 Å². The molecule has 0 spiro atoms. The van der Waals surface area contributed by atoms with Crippen LogP contribution in [0.4, 0.5) is 5.82 Å². The first-order chi connectivity index (χ1) is 8.98. The van der Waals surface area contributed by atoms with Gasteiger partial charge in [-0.15, -0.1) is 0 Å². The minimum Gasteiger partial charge on any atom is -0.377 e. The van der Waals surface area contributed by atoms with Crippen LogP contribution in [0.5, 0.6) is 0 Å². The van der Waals surface area contributed by atoms with Crippen molar-refractivity contribution in [3.8, 4) is 0 Å². The average Bonchev–Trinajstić information content (AvgIpc) is 2.26. The van der Waals surface area contributed by atoms with E-state index in [1.54, 1.807) is 13.2 Å². The van der Waals surface area contributed by atoms with Gasteiger partial charge in [-0.05, 0) is 26.7 Å². The fraction of sp³-hybridized carbons (Fsp3) is 0.692. The van der Waals surface area contributed by atoms with Gasteiger partial charge in [0.15, 0.2) is 5.82 Å². The molecule has 5 nitrogen and oxygen atoms in total. The van der Waals surface area contributed by atoms with Gasteiger partial charge in [-0.1, -0.05) is 11.6 Å². The van der Waals surface area contributed by atoms with Gasteiger partial charge in [0.05, 0.1) is 5.60 Å². The van der Waals surface area contributed by atoms with Gasteiger partial charge in [-0.25, -0.2) is 9.97 Å². The van der Waals surface area contributed by atoms with E-state index in [4.69, 9.17) is 21.1 Å². The summed E-state index contributed by atoms with van der Waals surface area (Å²) < 4.78 is 10.7. The summed E-state index contributed by atoms with van der Waals surface area (Å²) in [5.41, 5.74) is -0.0951. The van der Waals surface area contributed by atoms with Crippen LogP contribution < -0.4 is 5.32 Å². The molecule has 106 valence electrons. The van der Waals surface area contributed by atoms with Crippen molar-refractivity contribution in [2.24, 2.45) is 0 Å². The molecular weight excluding hydrogens is 266 g/mol. The molecule has 19 heavy (non-hydrogen) atoms. The molecule has 1 saturated heterocycles. The number of rotatable bonds is 4. The van der Waals surface area contributed by atoms with Crippen molar-refractivity contribution in [1.82, 2.24) is 9.97 Å². The second kappa shape index (κ2) is 6.03. The van der Waals surface area contributed by atoms with Crippen LogP contribution in [0.25, 0.3) is 0 Å². The molecule has 1 aromatic heterocycles. The summed E-state index contributed by atoms with van der Waals surface area (Å²) in [7, 11) is 1.61. The standard InChI is InChI=1S/C13H20ClN3O2/c1-13(2)7-9(4-5-19-13)15-11-6-10(14)16-12(17-11)8-18-3/h6,9H,4-5,7-8H2,1-3H3,(H,15,16,17). The Morgan fingerprint density at radius 1 is 1.53 bits per heavy atom. The molecule has 0 aromatic carbocycles. The monoisotopic (exact) mass is 285 g/mol. The van der Waals surface area contributed by atoms with Crippen molar-refractivity contribution >= 4 is 17.4 Å². The van der Waals surface area contributed by atoms with E-state index in [0.717, 1.165) is 25.3 Å². The second-order valence-corrected chi connectivity index (χ2v) is 5.75. The molecule has 1 fully saturated rings. The summed E-state index contributed by atoms with van der Waals surface area (Å²) in [5.74, 6) is 1.33. The Kier molecular flexibility index (Phi) is 4.60. The first kappa shape index (κ1) is 14.5. The van der Waals surface area contributed by atoms with Gasteiger partial charge in [0.2, 0.25) is 0 Å². The molecule has 0 radical (unpaired) electrons. The number of hydrogen-bond acceptors (Lipinski definition) is 5. The highest BCUT2D eigenvalue weighted by molar-refractivity contribution is 6.29. The lowest BCUT2D eigenvalue weighted by atomic mass is 9.94. The fourth-order valence-electron chi connectivity index (χ4n) is 2.30. The molecule has 0 aliphatic carbocycles. The largest absolute Gasteiger partial charge is 0.377 e. The summed E-state index contributed by atoms with van der Waals surface area (Å²) in [6, 6.07) is 2.08. The van der Waals surface area contributed by atoms with Crippen molar-refractivity contribution in [3.63, 3.8) is 0 Å². The van der Waals surface area contributed by atoms with E-state index in [0.29, 0.717) is 23.6 Å². The molecule has 1 aliphatic heterocycles. The molecule has 2 rings (SSSR count). The van der Waals surface area contributed by atoms with Gasteiger partial charge in [-0.3, -0.25) is 0 Å². The van der Waals surface area contributed by atoms with E-state index in [-0.39, 0.29) is 5.60 Å². The van der Waals surface area contributed by atoms with Crippen LogP contribution in [0.3, 0.4) is 0 Å². The smallest absolute Gasteiger partial charge is 0.158 e. The van der Waals surface area contributed by atoms with Crippen LogP contribution in [-0.2, 0) is 16.1 Å². The Morgan fingerprint density at radius 3 is 3.00 bits per heavy atom. The Balaban J connectivity index is 2.06. The molecule has 2 heterocycles. The summed E-state index contributed by atoms with van der Waals surface area (Å²) in [6.45, 7) is 5.32. The van der Waals surface area contributed by atoms with Crippen LogP contribution in [0.15, 0.2) is 6.07 Å². The number of methoxy groups -OCH3 is 1. The van der Waals surface area contributed by atoms with Gasteiger partial charge in [0.25, 0.3) is 0 Å². The maximum Gasteiger partial charge on any atom is 0.158 e. The zero-order chi connectivity index (χ0) is 13.9. The zero-order valence-electron chi connectivity index (χ0n) is 11.6. The Labute approximate surface area is 118 Å². The van der Waals surface area contributed by atoms with Crippen molar-refractivity contribution in [2.45, 2.75) is 44.9 Å². The highest BCUT2D eigenvalue weighted by atomic mass is 35.5. The highest BCUT2D eigenvalue weighted by Crippen LogP contribution is 2.26. The van der Waals surface area contributed by atoms with E-state index in [2.05, 4.69) is 29.1 Å². The number of hydrogen-bond donors (Lipinski definition) is 1. The third kappa shape index (κ3) is 4.30. The van der Waals surface area contributed by atoms with Crippen molar-refractivity contribution < 1.29 is 9.47 Å². The number of nitrogens with one attached hydrogen (secondary N) is 1. The second-order valence-electron chi connectivity index (χ2n) is 5.37. The summed E-state index contributed by atoms with van der Waals surface area (Å²) in [4.78, 5) is 8.50. The summed E-state index contributed by atoms with van der Waals surface area (Å²) in [6.07, 6.45) is 1.90. The van der Waals surface area contributed by atoms with Crippen LogP contribution in [0.1, 0.15) is 32.5 Å². The summed E-state index contributed by atoms with van der Waals surface area (Å²) >= 11 is 5.99. The molecule has 0 bridgehead atoms. The Hall–Kier alpha value is -0.910. The minimum absolute atomic E-state index is 0.0951. The van der Waals surface area contributed by atoms with Crippen LogP contribution in [-0.4, -0.2) is 35.3 Å². The molecule has 1 aliphatic rings. The number of anilines is 1. The van der Waals surface area contributed by atoms with E-state index in [9.17, 15) is 0 Å². The lowest BCUT2D eigenvalue weighted by Crippen LogP contribution is -2.40.